The fourth-order valence-corrected chi connectivity index (χ4v) is 2.80. The first kappa shape index (κ1) is 21.5. The highest BCUT2D eigenvalue weighted by atomic mass is 16.5. The van der Waals surface area contributed by atoms with Crippen LogP contribution in [0.4, 0.5) is 0 Å². The third kappa shape index (κ3) is 7.05. The highest BCUT2D eigenvalue weighted by Crippen LogP contribution is 2.26. The number of allylic oxidation sites excluding steroid dienone is 7. The topological polar surface area (TPSA) is 29.5 Å². The first-order valence-electron chi connectivity index (χ1n) is 9.83. The molecule has 2 nitrogen and oxygen atoms in total. The molecule has 0 aromatic heterocycles. The molecule has 0 bridgehead atoms. The van der Waals surface area contributed by atoms with Crippen LogP contribution in [-0.2, 0) is 0 Å². The highest BCUT2D eigenvalue weighted by Gasteiger charge is 2.02. The van der Waals surface area contributed by atoms with Crippen molar-refractivity contribution in [2.75, 3.05) is 13.2 Å². The summed E-state index contributed by atoms with van der Waals surface area (Å²) in [6.45, 7) is 6.12. The van der Waals surface area contributed by atoms with Crippen LogP contribution < -0.4 is 4.74 Å². The van der Waals surface area contributed by atoms with Gasteiger partial charge in [-0.15, -0.1) is 6.58 Å². The number of aliphatic hydroxyl groups is 1. The molecule has 0 radical (unpaired) electrons. The van der Waals surface area contributed by atoms with E-state index in [1.54, 1.807) is 6.08 Å². The Morgan fingerprint density at radius 1 is 0.929 bits per heavy atom. The van der Waals surface area contributed by atoms with Crippen LogP contribution in [0.1, 0.15) is 31.7 Å². The van der Waals surface area contributed by atoms with E-state index >= 15 is 0 Å². The zero-order chi connectivity index (χ0) is 20.0. The second-order valence-electron chi connectivity index (χ2n) is 6.47. The summed E-state index contributed by atoms with van der Waals surface area (Å²) in [7, 11) is 0. The molecule has 2 heteroatoms. The zero-order valence-electron chi connectivity index (χ0n) is 16.7. The Bertz CT molecular complexity index is 793. The van der Waals surface area contributed by atoms with Gasteiger partial charge in [0.2, 0.25) is 0 Å². The first-order chi connectivity index (χ1) is 13.8. The number of ether oxygens (including phenoxy) is 1. The van der Waals surface area contributed by atoms with Crippen LogP contribution in [0.3, 0.4) is 0 Å². The lowest BCUT2D eigenvalue weighted by molar-refractivity contribution is 0.253. The minimum absolute atomic E-state index is 0.224. The minimum atomic E-state index is 0.224. The molecule has 28 heavy (non-hydrogen) atoms. The predicted molar refractivity (Wildman–Crippen MR) is 120 cm³/mol. The third-order valence-corrected chi connectivity index (χ3v) is 4.22. The summed E-state index contributed by atoms with van der Waals surface area (Å²) >= 11 is 0. The van der Waals surface area contributed by atoms with Crippen LogP contribution in [0.25, 0.3) is 16.7 Å². The average Bonchev–Trinajstić information content (AvgIpc) is 3.02. The second-order valence-corrected chi connectivity index (χ2v) is 6.47. The normalized spacial score (nSPS) is 12.4. The lowest BCUT2D eigenvalue weighted by atomic mass is 9.99. The van der Waals surface area contributed by atoms with Gasteiger partial charge >= 0.3 is 0 Å². The number of hydrogen-bond acceptors (Lipinski definition) is 2. The third-order valence-electron chi connectivity index (χ3n) is 4.22. The van der Waals surface area contributed by atoms with Gasteiger partial charge in [0.25, 0.3) is 0 Å². The molecule has 2 aromatic rings. The summed E-state index contributed by atoms with van der Waals surface area (Å²) in [6, 6.07) is 16.9. The van der Waals surface area contributed by atoms with E-state index in [2.05, 4.69) is 73.4 Å². The maximum absolute atomic E-state index is 8.78. The van der Waals surface area contributed by atoms with Crippen LogP contribution >= 0.6 is 0 Å². The summed E-state index contributed by atoms with van der Waals surface area (Å²) in [5.41, 5.74) is 4.89. The van der Waals surface area contributed by atoms with Crippen LogP contribution in [0.2, 0.25) is 0 Å². The number of unbranched alkanes of at least 4 members (excludes halogenated alkanes) is 1. The number of benzene rings is 2. The molecule has 0 atom stereocenters. The molecule has 0 amide bonds. The first-order valence-corrected chi connectivity index (χ1v) is 9.83. The minimum Gasteiger partial charge on any atom is -0.494 e. The molecule has 1 N–H and O–H groups in total. The van der Waals surface area contributed by atoms with Gasteiger partial charge in [0.05, 0.1) is 6.61 Å². The summed E-state index contributed by atoms with van der Waals surface area (Å²) in [4.78, 5) is 0. The molecular formula is C26H30O2. The van der Waals surface area contributed by atoms with Gasteiger partial charge in [0.1, 0.15) is 5.75 Å². The molecule has 0 spiro atoms. The Kier molecular flexibility index (Phi) is 9.60. The van der Waals surface area contributed by atoms with Crippen molar-refractivity contribution >= 4 is 5.57 Å². The monoisotopic (exact) mass is 374 g/mol. The molecule has 1 aliphatic carbocycles. The van der Waals surface area contributed by atoms with E-state index in [9.17, 15) is 0 Å². The van der Waals surface area contributed by atoms with E-state index in [0.717, 1.165) is 25.0 Å². The Morgan fingerprint density at radius 3 is 2.18 bits per heavy atom. The van der Waals surface area contributed by atoms with Gasteiger partial charge in [-0.3, -0.25) is 0 Å². The molecule has 0 fully saturated rings. The largest absolute Gasteiger partial charge is 0.494 e. The lowest BCUT2D eigenvalue weighted by Gasteiger charge is -2.08. The Labute approximate surface area is 169 Å². The molecule has 1 aliphatic rings. The fourth-order valence-electron chi connectivity index (χ4n) is 2.80. The zero-order valence-corrected chi connectivity index (χ0v) is 16.7. The van der Waals surface area contributed by atoms with Gasteiger partial charge in [-0.2, -0.15) is 0 Å². The maximum atomic E-state index is 8.78. The van der Waals surface area contributed by atoms with Crippen molar-refractivity contribution in [3.8, 4) is 16.9 Å². The van der Waals surface area contributed by atoms with Gasteiger partial charge in [-0.25, -0.2) is 0 Å². The summed E-state index contributed by atoms with van der Waals surface area (Å²) in [6.07, 6.45) is 15.1. The Balaban J connectivity index is 0.000000878. The lowest BCUT2D eigenvalue weighted by Crippen LogP contribution is -1.98. The van der Waals surface area contributed by atoms with E-state index in [4.69, 9.17) is 9.84 Å². The van der Waals surface area contributed by atoms with E-state index < -0.39 is 0 Å². The number of aliphatic hydroxyl groups excluding tert-OH is 1. The molecule has 146 valence electrons. The maximum Gasteiger partial charge on any atom is 0.119 e. The second kappa shape index (κ2) is 12.5. The summed E-state index contributed by atoms with van der Waals surface area (Å²) < 4.78 is 5.68. The molecule has 0 saturated carbocycles. The van der Waals surface area contributed by atoms with Crippen LogP contribution in [-0.4, -0.2) is 18.3 Å². The standard InChI is InChI=1S/C23H24O2.C3H6/c24-17-5-6-18-25-23-15-13-22(14-16-23)21-11-9-20(10-12-21)19-7-3-1-2-4-8-19;1-3-2/h1-3,7-16,24H,4-6,17-18H2;3H,1H2,2H3. The molecule has 0 heterocycles. The molecule has 0 unspecified atom stereocenters. The van der Waals surface area contributed by atoms with Crippen molar-refractivity contribution in [3.05, 3.63) is 97.1 Å². The van der Waals surface area contributed by atoms with Crippen molar-refractivity contribution in [2.24, 2.45) is 0 Å². The molecular weight excluding hydrogens is 344 g/mol. The number of rotatable bonds is 7. The Morgan fingerprint density at radius 2 is 1.54 bits per heavy atom. The number of hydrogen-bond donors (Lipinski definition) is 1. The molecule has 0 saturated heterocycles. The smallest absolute Gasteiger partial charge is 0.119 e. The van der Waals surface area contributed by atoms with Crippen molar-refractivity contribution in [2.45, 2.75) is 26.2 Å². The van der Waals surface area contributed by atoms with Crippen molar-refractivity contribution < 1.29 is 9.84 Å². The molecule has 0 aliphatic heterocycles. The van der Waals surface area contributed by atoms with Gasteiger partial charge in [0.15, 0.2) is 0 Å². The van der Waals surface area contributed by atoms with Crippen molar-refractivity contribution in [1.82, 2.24) is 0 Å². The Hall–Kier alpha value is -2.84. The van der Waals surface area contributed by atoms with E-state index in [1.807, 2.05) is 19.1 Å². The van der Waals surface area contributed by atoms with Crippen LogP contribution in [0.5, 0.6) is 5.75 Å². The van der Waals surface area contributed by atoms with Gasteiger partial charge in [0, 0.05) is 6.61 Å². The van der Waals surface area contributed by atoms with Gasteiger partial charge < -0.3 is 9.84 Å². The van der Waals surface area contributed by atoms with E-state index in [0.29, 0.717) is 6.61 Å². The molecule has 2 aromatic carbocycles. The van der Waals surface area contributed by atoms with E-state index in [-0.39, 0.29) is 6.61 Å². The average molecular weight is 375 g/mol. The SMILES string of the molecule is C=CC.OCCCCOc1ccc(-c2ccc(C3=CCC=CC=C3)cc2)cc1. The van der Waals surface area contributed by atoms with Crippen LogP contribution in [0, 0.1) is 0 Å². The van der Waals surface area contributed by atoms with Crippen LogP contribution in [0.15, 0.2) is 91.6 Å². The summed E-state index contributed by atoms with van der Waals surface area (Å²) in [5.74, 6) is 0.875. The van der Waals surface area contributed by atoms with Gasteiger partial charge in [-0.1, -0.05) is 72.9 Å². The van der Waals surface area contributed by atoms with Gasteiger partial charge in [-0.05, 0) is 60.6 Å². The van der Waals surface area contributed by atoms with Crippen molar-refractivity contribution in [3.63, 3.8) is 0 Å². The quantitative estimate of drug-likeness (QED) is 0.437. The van der Waals surface area contributed by atoms with Crippen molar-refractivity contribution in [1.29, 1.82) is 0 Å². The van der Waals surface area contributed by atoms with E-state index in [1.165, 1.54) is 22.3 Å². The fraction of sp³-hybridized carbons (Fsp3) is 0.231. The highest BCUT2D eigenvalue weighted by molar-refractivity contribution is 5.77. The molecule has 3 rings (SSSR count). The summed E-state index contributed by atoms with van der Waals surface area (Å²) in [5, 5.41) is 8.78. The predicted octanol–water partition coefficient (Wildman–Crippen LogP) is 6.60.